The zero-order valence-electron chi connectivity index (χ0n) is 11.8. The van der Waals surface area contributed by atoms with E-state index in [-0.39, 0.29) is 18.0 Å². The van der Waals surface area contributed by atoms with Gasteiger partial charge in [0.2, 0.25) is 0 Å². The average molecular weight is 263 g/mol. The SMILES string of the molecule is CCC(C)NC(=O)Nc1cc(C(=O)NC)ccc1C. The molecule has 0 aliphatic rings. The Morgan fingerprint density at radius 1 is 1.32 bits per heavy atom. The first-order chi connectivity index (χ1) is 8.97. The molecule has 104 valence electrons. The number of hydrogen-bond acceptors (Lipinski definition) is 2. The minimum absolute atomic E-state index is 0.113. The molecule has 0 saturated heterocycles. The second kappa shape index (κ2) is 6.78. The number of benzene rings is 1. The third kappa shape index (κ3) is 4.28. The summed E-state index contributed by atoms with van der Waals surface area (Å²) in [6.45, 7) is 5.82. The van der Waals surface area contributed by atoms with Crippen molar-refractivity contribution in [3.05, 3.63) is 29.3 Å². The monoisotopic (exact) mass is 263 g/mol. The molecule has 0 aromatic heterocycles. The lowest BCUT2D eigenvalue weighted by Crippen LogP contribution is -2.35. The molecule has 0 radical (unpaired) electrons. The van der Waals surface area contributed by atoms with Gasteiger partial charge in [-0.3, -0.25) is 4.79 Å². The molecule has 3 amide bonds. The number of carbonyl (C=O) groups is 2. The summed E-state index contributed by atoms with van der Waals surface area (Å²) >= 11 is 0. The third-order valence-electron chi connectivity index (χ3n) is 2.96. The lowest BCUT2D eigenvalue weighted by molar-refractivity contribution is 0.0963. The zero-order valence-corrected chi connectivity index (χ0v) is 11.8. The Bertz CT molecular complexity index is 472. The van der Waals surface area contributed by atoms with E-state index in [0.717, 1.165) is 12.0 Å². The third-order valence-corrected chi connectivity index (χ3v) is 2.96. The van der Waals surface area contributed by atoms with Gasteiger partial charge in [0, 0.05) is 24.3 Å². The molecule has 1 atom stereocenters. The van der Waals surface area contributed by atoms with E-state index >= 15 is 0 Å². The maximum atomic E-state index is 11.8. The fourth-order valence-electron chi connectivity index (χ4n) is 1.53. The van der Waals surface area contributed by atoms with Crippen LogP contribution >= 0.6 is 0 Å². The highest BCUT2D eigenvalue weighted by Crippen LogP contribution is 2.16. The van der Waals surface area contributed by atoms with E-state index in [1.807, 2.05) is 26.8 Å². The number of hydrogen-bond donors (Lipinski definition) is 3. The van der Waals surface area contributed by atoms with E-state index in [4.69, 9.17) is 0 Å². The Morgan fingerprint density at radius 3 is 2.58 bits per heavy atom. The maximum absolute atomic E-state index is 11.8. The van der Waals surface area contributed by atoms with Crippen LogP contribution in [0.5, 0.6) is 0 Å². The van der Waals surface area contributed by atoms with Crippen LogP contribution in [-0.4, -0.2) is 25.0 Å². The first-order valence-corrected chi connectivity index (χ1v) is 6.38. The highest BCUT2D eigenvalue weighted by atomic mass is 16.2. The van der Waals surface area contributed by atoms with Crippen molar-refractivity contribution >= 4 is 17.6 Å². The summed E-state index contributed by atoms with van der Waals surface area (Å²) in [6, 6.07) is 5.06. The number of rotatable bonds is 4. The number of urea groups is 1. The standard InChI is InChI=1S/C14H21N3O2/c1-5-10(3)16-14(19)17-12-8-11(13(18)15-4)7-6-9(12)2/h6-8,10H,5H2,1-4H3,(H,15,18)(H2,16,17,19). The lowest BCUT2D eigenvalue weighted by Gasteiger charge is -2.14. The van der Waals surface area contributed by atoms with Gasteiger partial charge in [0.25, 0.3) is 5.91 Å². The fraction of sp³-hybridized carbons (Fsp3) is 0.429. The molecule has 1 aromatic rings. The summed E-state index contributed by atoms with van der Waals surface area (Å²) in [7, 11) is 1.57. The molecule has 0 aliphatic heterocycles. The number of carbonyl (C=O) groups excluding carboxylic acids is 2. The summed E-state index contributed by atoms with van der Waals surface area (Å²) in [5.74, 6) is -0.176. The second-order valence-electron chi connectivity index (χ2n) is 4.52. The van der Waals surface area contributed by atoms with Crippen LogP contribution in [0.4, 0.5) is 10.5 Å². The van der Waals surface area contributed by atoms with Gasteiger partial charge in [-0.2, -0.15) is 0 Å². The molecule has 1 rings (SSSR count). The minimum atomic E-state index is -0.258. The Morgan fingerprint density at radius 2 is 2.00 bits per heavy atom. The fourth-order valence-corrected chi connectivity index (χ4v) is 1.53. The Balaban J connectivity index is 2.82. The maximum Gasteiger partial charge on any atom is 0.319 e. The van der Waals surface area contributed by atoms with Gasteiger partial charge in [-0.05, 0) is 38.0 Å². The molecular weight excluding hydrogens is 242 g/mol. The van der Waals surface area contributed by atoms with Crippen molar-refractivity contribution in [2.24, 2.45) is 0 Å². The molecule has 0 saturated carbocycles. The van der Waals surface area contributed by atoms with Crippen LogP contribution in [-0.2, 0) is 0 Å². The summed E-state index contributed by atoms with van der Waals surface area (Å²) in [6.07, 6.45) is 0.866. The van der Waals surface area contributed by atoms with Crippen LogP contribution in [0, 0.1) is 6.92 Å². The van der Waals surface area contributed by atoms with Gasteiger partial charge in [-0.25, -0.2) is 4.79 Å². The van der Waals surface area contributed by atoms with Crippen LogP contribution in [0.15, 0.2) is 18.2 Å². The molecule has 0 bridgehead atoms. The zero-order chi connectivity index (χ0) is 14.4. The molecule has 0 fully saturated rings. The first-order valence-electron chi connectivity index (χ1n) is 6.38. The van der Waals surface area contributed by atoms with Gasteiger partial charge in [0.1, 0.15) is 0 Å². The van der Waals surface area contributed by atoms with E-state index in [0.29, 0.717) is 11.3 Å². The summed E-state index contributed by atoms with van der Waals surface area (Å²) in [5, 5.41) is 8.14. The quantitative estimate of drug-likeness (QED) is 0.780. The van der Waals surface area contributed by atoms with Crippen molar-refractivity contribution < 1.29 is 9.59 Å². The van der Waals surface area contributed by atoms with Gasteiger partial charge < -0.3 is 16.0 Å². The summed E-state index contributed by atoms with van der Waals surface area (Å²) in [5.41, 5.74) is 2.07. The smallest absolute Gasteiger partial charge is 0.319 e. The van der Waals surface area contributed by atoms with Crippen molar-refractivity contribution in [3.63, 3.8) is 0 Å². The summed E-state index contributed by atoms with van der Waals surface area (Å²) in [4.78, 5) is 23.3. The molecule has 19 heavy (non-hydrogen) atoms. The molecular formula is C14H21N3O2. The van der Waals surface area contributed by atoms with E-state index in [9.17, 15) is 9.59 Å². The van der Waals surface area contributed by atoms with Crippen LogP contribution in [0.2, 0.25) is 0 Å². The van der Waals surface area contributed by atoms with E-state index in [2.05, 4.69) is 16.0 Å². The van der Waals surface area contributed by atoms with Crippen LogP contribution in [0.25, 0.3) is 0 Å². The van der Waals surface area contributed by atoms with Crippen molar-refractivity contribution in [1.82, 2.24) is 10.6 Å². The van der Waals surface area contributed by atoms with Crippen LogP contribution < -0.4 is 16.0 Å². The highest BCUT2D eigenvalue weighted by molar-refractivity contribution is 5.97. The Hall–Kier alpha value is -2.04. The van der Waals surface area contributed by atoms with Gasteiger partial charge in [0.05, 0.1) is 0 Å². The molecule has 5 heteroatoms. The van der Waals surface area contributed by atoms with Crippen molar-refractivity contribution in [2.75, 3.05) is 12.4 Å². The Labute approximate surface area is 113 Å². The number of aryl methyl sites for hydroxylation is 1. The normalized spacial score (nSPS) is 11.6. The van der Waals surface area contributed by atoms with Crippen molar-refractivity contribution in [3.8, 4) is 0 Å². The van der Waals surface area contributed by atoms with Gasteiger partial charge in [-0.1, -0.05) is 13.0 Å². The molecule has 0 heterocycles. The molecule has 0 spiro atoms. The van der Waals surface area contributed by atoms with E-state index in [1.54, 1.807) is 19.2 Å². The van der Waals surface area contributed by atoms with Gasteiger partial charge in [-0.15, -0.1) is 0 Å². The molecule has 1 unspecified atom stereocenters. The van der Waals surface area contributed by atoms with Crippen LogP contribution in [0.1, 0.15) is 36.2 Å². The highest BCUT2D eigenvalue weighted by Gasteiger charge is 2.10. The number of nitrogens with one attached hydrogen (secondary N) is 3. The number of anilines is 1. The van der Waals surface area contributed by atoms with Gasteiger partial charge in [0.15, 0.2) is 0 Å². The van der Waals surface area contributed by atoms with E-state index < -0.39 is 0 Å². The predicted octanol–water partition coefficient (Wildman–Crippen LogP) is 2.27. The molecule has 0 aliphatic carbocycles. The summed E-state index contributed by atoms with van der Waals surface area (Å²) < 4.78 is 0. The Kier molecular flexibility index (Phi) is 5.36. The first kappa shape index (κ1) is 15.0. The molecule has 3 N–H and O–H groups in total. The van der Waals surface area contributed by atoms with Crippen LogP contribution in [0.3, 0.4) is 0 Å². The second-order valence-corrected chi connectivity index (χ2v) is 4.52. The minimum Gasteiger partial charge on any atom is -0.355 e. The topological polar surface area (TPSA) is 70.2 Å². The van der Waals surface area contributed by atoms with Crippen molar-refractivity contribution in [2.45, 2.75) is 33.2 Å². The molecule has 1 aromatic carbocycles. The lowest BCUT2D eigenvalue weighted by atomic mass is 10.1. The van der Waals surface area contributed by atoms with E-state index in [1.165, 1.54) is 0 Å². The molecule has 5 nitrogen and oxygen atoms in total. The van der Waals surface area contributed by atoms with Gasteiger partial charge >= 0.3 is 6.03 Å². The average Bonchev–Trinajstić information content (AvgIpc) is 2.40. The van der Waals surface area contributed by atoms with Crippen molar-refractivity contribution in [1.29, 1.82) is 0 Å². The number of amides is 3. The largest absolute Gasteiger partial charge is 0.355 e. The predicted molar refractivity (Wildman–Crippen MR) is 76.5 cm³/mol.